The molecule has 0 bridgehead atoms. The zero-order valence-electron chi connectivity index (χ0n) is 14.8. The van der Waals surface area contributed by atoms with Crippen LogP contribution in [-0.2, 0) is 9.59 Å². The largest absolute Gasteiger partial charge is 0.356 e. The SMILES string of the molecule is CCCNC(=O)C1CCN(C(=O)CCCC2CCCCC2)CC1. The van der Waals surface area contributed by atoms with Crippen molar-refractivity contribution in [1.29, 1.82) is 0 Å². The van der Waals surface area contributed by atoms with Gasteiger partial charge in [0.25, 0.3) is 0 Å². The van der Waals surface area contributed by atoms with Crippen LogP contribution in [0.15, 0.2) is 0 Å². The van der Waals surface area contributed by atoms with Crippen LogP contribution in [-0.4, -0.2) is 36.3 Å². The minimum atomic E-state index is 0.104. The highest BCUT2D eigenvalue weighted by Crippen LogP contribution is 2.28. The summed E-state index contributed by atoms with van der Waals surface area (Å²) in [5.74, 6) is 1.45. The normalized spacial score (nSPS) is 20.5. The molecule has 1 heterocycles. The summed E-state index contributed by atoms with van der Waals surface area (Å²) in [6, 6.07) is 0. The maximum atomic E-state index is 12.3. The highest BCUT2D eigenvalue weighted by atomic mass is 16.2. The van der Waals surface area contributed by atoms with Crippen molar-refractivity contribution in [3.8, 4) is 0 Å². The van der Waals surface area contributed by atoms with E-state index in [0.29, 0.717) is 12.3 Å². The Kier molecular flexibility index (Phi) is 7.90. The van der Waals surface area contributed by atoms with Gasteiger partial charge < -0.3 is 10.2 Å². The van der Waals surface area contributed by atoms with Gasteiger partial charge >= 0.3 is 0 Å². The van der Waals surface area contributed by atoms with Crippen molar-refractivity contribution in [3.05, 3.63) is 0 Å². The summed E-state index contributed by atoms with van der Waals surface area (Å²) in [6.07, 6.45) is 12.5. The Morgan fingerprint density at radius 2 is 1.74 bits per heavy atom. The van der Waals surface area contributed by atoms with Crippen LogP contribution in [0.4, 0.5) is 0 Å². The summed E-state index contributed by atoms with van der Waals surface area (Å²) in [6.45, 7) is 4.34. The molecule has 0 aromatic carbocycles. The second-order valence-corrected chi connectivity index (χ2v) is 7.34. The second kappa shape index (κ2) is 9.94. The first-order valence-corrected chi connectivity index (χ1v) is 9.76. The molecule has 1 aliphatic heterocycles. The number of carbonyl (C=O) groups is 2. The van der Waals surface area contributed by atoms with Crippen molar-refractivity contribution >= 4 is 11.8 Å². The van der Waals surface area contributed by atoms with E-state index in [2.05, 4.69) is 12.2 Å². The van der Waals surface area contributed by atoms with Crippen LogP contribution in [0.1, 0.15) is 77.6 Å². The lowest BCUT2D eigenvalue weighted by atomic mass is 9.86. The molecule has 1 saturated heterocycles. The quantitative estimate of drug-likeness (QED) is 0.780. The third-order valence-electron chi connectivity index (χ3n) is 5.50. The number of piperidine rings is 1. The summed E-state index contributed by atoms with van der Waals surface area (Å²) >= 11 is 0. The molecule has 132 valence electrons. The lowest BCUT2D eigenvalue weighted by molar-refractivity contribution is -0.135. The molecule has 23 heavy (non-hydrogen) atoms. The van der Waals surface area contributed by atoms with Crippen LogP contribution in [0.5, 0.6) is 0 Å². The maximum Gasteiger partial charge on any atom is 0.223 e. The fraction of sp³-hybridized carbons (Fsp3) is 0.895. The summed E-state index contributed by atoms with van der Waals surface area (Å²) in [5.41, 5.74) is 0. The first-order chi connectivity index (χ1) is 11.2. The molecule has 0 atom stereocenters. The number of nitrogens with zero attached hydrogens (tertiary/aromatic N) is 1. The third kappa shape index (κ3) is 6.15. The predicted octanol–water partition coefficient (Wildman–Crippen LogP) is 3.50. The van der Waals surface area contributed by atoms with E-state index in [1.54, 1.807) is 0 Å². The molecular formula is C19H34N2O2. The van der Waals surface area contributed by atoms with E-state index in [-0.39, 0.29) is 11.8 Å². The van der Waals surface area contributed by atoms with E-state index in [1.807, 2.05) is 4.90 Å². The lowest BCUT2D eigenvalue weighted by Crippen LogP contribution is -2.43. The number of carbonyl (C=O) groups excluding carboxylic acids is 2. The van der Waals surface area contributed by atoms with E-state index in [0.717, 1.165) is 51.2 Å². The van der Waals surface area contributed by atoms with Gasteiger partial charge in [0, 0.05) is 32.0 Å². The Balaban J connectivity index is 1.60. The number of amides is 2. The van der Waals surface area contributed by atoms with Gasteiger partial charge in [-0.1, -0.05) is 39.0 Å². The lowest BCUT2D eigenvalue weighted by Gasteiger charge is -2.31. The molecule has 0 spiro atoms. The van der Waals surface area contributed by atoms with Crippen molar-refractivity contribution in [2.75, 3.05) is 19.6 Å². The Hall–Kier alpha value is -1.06. The summed E-state index contributed by atoms with van der Waals surface area (Å²) in [7, 11) is 0. The number of rotatable bonds is 7. The molecule has 0 aromatic rings. The molecule has 2 aliphatic rings. The van der Waals surface area contributed by atoms with Crippen molar-refractivity contribution < 1.29 is 9.59 Å². The summed E-state index contributed by atoms with van der Waals surface area (Å²) < 4.78 is 0. The Morgan fingerprint density at radius 1 is 1.04 bits per heavy atom. The summed E-state index contributed by atoms with van der Waals surface area (Å²) in [4.78, 5) is 26.3. The fourth-order valence-corrected chi connectivity index (χ4v) is 3.96. The standard InChI is InChI=1S/C19H34N2O2/c1-2-13-20-19(23)17-11-14-21(15-12-17)18(22)10-6-9-16-7-4-3-5-8-16/h16-17H,2-15H2,1H3,(H,20,23). The second-order valence-electron chi connectivity index (χ2n) is 7.34. The van der Waals surface area contributed by atoms with Gasteiger partial charge in [0.2, 0.25) is 11.8 Å². The van der Waals surface area contributed by atoms with Crippen LogP contribution in [0.2, 0.25) is 0 Å². The minimum Gasteiger partial charge on any atom is -0.356 e. The molecule has 2 amide bonds. The van der Waals surface area contributed by atoms with E-state index in [1.165, 1.54) is 38.5 Å². The van der Waals surface area contributed by atoms with Gasteiger partial charge in [0.15, 0.2) is 0 Å². The van der Waals surface area contributed by atoms with Gasteiger partial charge in [0.05, 0.1) is 0 Å². The number of likely N-dealkylation sites (tertiary alicyclic amines) is 1. The Labute approximate surface area is 141 Å². The van der Waals surface area contributed by atoms with Gasteiger partial charge in [-0.3, -0.25) is 9.59 Å². The van der Waals surface area contributed by atoms with Crippen LogP contribution in [0, 0.1) is 11.8 Å². The van der Waals surface area contributed by atoms with Crippen molar-refractivity contribution in [3.63, 3.8) is 0 Å². The van der Waals surface area contributed by atoms with Gasteiger partial charge in [0.1, 0.15) is 0 Å². The van der Waals surface area contributed by atoms with Gasteiger partial charge in [-0.2, -0.15) is 0 Å². The molecule has 1 N–H and O–H groups in total. The minimum absolute atomic E-state index is 0.104. The maximum absolute atomic E-state index is 12.3. The molecule has 0 unspecified atom stereocenters. The molecule has 2 fully saturated rings. The first kappa shape index (κ1) is 18.3. The van der Waals surface area contributed by atoms with Gasteiger partial charge in [-0.25, -0.2) is 0 Å². The molecular weight excluding hydrogens is 288 g/mol. The van der Waals surface area contributed by atoms with Crippen LogP contribution in [0.25, 0.3) is 0 Å². The Morgan fingerprint density at radius 3 is 2.39 bits per heavy atom. The van der Waals surface area contributed by atoms with Crippen LogP contribution < -0.4 is 5.32 Å². The van der Waals surface area contributed by atoms with Crippen LogP contribution >= 0.6 is 0 Å². The third-order valence-corrected chi connectivity index (χ3v) is 5.50. The number of hydrogen-bond donors (Lipinski definition) is 1. The van der Waals surface area contributed by atoms with E-state index in [9.17, 15) is 9.59 Å². The molecule has 4 nitrogen and oxygen atoms in total. The topological polar surface area (TPSA) is 49.4 Å². The van der Waals surface area contributed by atoms with E-state index < -0.39 is 0 Å². The average Bonchev–Trinajstić information content (AvgIpc) is 2.60. The molecule has 1 aliphatic carbocycles. The van der Waals surface area contributed by atoms with Gasteiger partial charge in [-0.15, -0.1) is 0 Å². The first-order valence-electron chi connectivity index (χ1n) is 9.76. The van der Waals surface area contributed by atoms with Crippen LogP contribution in [0.3, 0.4) is 0 Å². The number of hydrogen-bond acceptors (Lipinski definition) is 2. The molecule has 0 aromatic heterocycles. The van der Waals surface area contributed by atoms with Crippen molar-refractivity contribution in [2.45, 2.75) is 77.6 Å². The van der Waals surface area contributed by atoms with Crippen molar-refractivity contribution in [1.82, 2.24) is 10.2 Å². The molecule has 0 radical (unpaired) electrons. The smallest absolute Gasteiger partial charge is 0.223 e. The molecule has 1 saturated carbocycles. The van der Waals surface area contributed by atoms with Crippen molar-refractivity contribution in [2.24, 2.45) is 11.8 Å². The Bertz CT molecular complexity index is 370. The average molecular weight is 322 g/mol. The van der Waals surface area contributed by atoms with E-state index in [4.69, 9.17) is 0 Å². The van der Waals surface area contributed by atoms with E-state index >= 15 is 0 Å². The highest BCUT2D eigenvalue weighted by molar-refractivity contribution is 5.80. The number of nitrogens with one attached hydrogen (secondary N) is 1. The monoisotopic (exact) mass is 322 g/mol. The van der Waals surface area contributed by atoms with Gasteiger partial charge in [-0.05, 0) is 38.0 Å². The zero-order chi connectivity index (χ0) is 16.5. The molecule has 2 rings (SSSR count). The zero-order valence-corrected chi connectivity index (χ0v) is 14.8. The fourth-order valence-electron chi connectivity index (χ4n) is 3.96. The highest BCUT2D eigenvalue weighted by Gasteiger charge is 2.26. The summed E-state index contributed by atoms with van der Waals surface area (Å²) in [5, 5.41) is 2.97. The molecule has 4 heteroatoms. The predicted molar refractivity (Wildman–Crippen MR) is 93.0 cm³/mol.